The first-order valence-corrected chi connectivity index (χ1v) is 8.41. The Morgan fingerprint density at radius 2 is 2.22 bits per heavy atom. The van der Waals surface area contributed by atoms with Crippen LogP contribution in [0.3, 0.4) is 0 Å². The molecular formula is C18H25N3O2. The maximum Gasteiger partial charge on any atom is 0.321 e. The van der Waals surface area contributed by atoms with E-state index in [9.17, 15) is 9.90 Å². The molecule has 1 aromatic heterocycles. The first kappa shape index (κ1) is 15.9. The lowest BCUT2D eigenvalue weighted by molar-refractivity contribution is 0.0464. The predicted molar refractivity (Wildman–Crippen MR) is 92.6 cm³/mol. The fourth-order valence-electron chi connectivity index (χ4n) is 3.15. The van der Waals surface area contributed by atoms with Crippen LogP contribution in [0.1, 0.15) is 26.7 Å². The lowest BCUT2D eigenvalue weighted by atomic mass is 9.96. The maximum atomic E-state index is 12.4. The van der Waals surface area contributed by atoms with Gasteiger partial charge in [0.15, 0.2) is 0 Å². The molecule has 1 aliphatic rings. The molecule has 1 saturated heterocycles. The Kier molecular flexibility index (Phi) is 4.57. The van der Waals surface area contributed by atoms with Crippen LogP contribution in [0.2, 0.25) is 0 Å². The minimum atomic E-state index is -0.431. The number of piperidine rings is 1. The molecule has 0 saturated carbocycles. The fraction of sp³-hybridized carbons (Fsp3) is 0.500. The topological polar surface area (TPSA) is 57.5 Å². The number of aliphatic hydroxyl groups excluding tert-OH is 1. The summed E-state index contributed by atoms with van der Waals surface area (Å²) >= 11 is 0. The van der Waals surface area contributed by atoms with Gasteiger partial charge in [-0.05, 0) is 43.0 Å². The zero-order chi connectivity index (χ0) is 16.4. The molecule has 2 heterocycles. The number of likely N-dealkylation sites (tertiary alicyclic amines) is 1. The summed E-state index contributed by atoms with van der Waals surface area (Å²) in [5.41, 5.74) is 1.98. The Morgan fingerprint density at radius 1 is 1.39 bits per heavy atom. The van der Waals surface area contributed by atoms with Gasteiger partial charge >= 0.3 is 6.03 Å². The molecule has 2 amide bonds. The second-order valence-corrected chi connectivity index (χ2v) is 6.49. The van der Waals surface area contributed by atoms with Gasteiger partial charge in [0, 0.05) is 42.4 Å². The van der Waals surface area contributed by atoms with Crippen molar-refractivity contribution in [2.45, 2.75) is 39.3 Å². The summed E-state index contributed by atoms with van der Waals surface area (Å²) < 4.78 is 2.23. The second kappa shape index (κ2) is 6.62. The Labute approximate surface area is 136 Å². The van der Waals surface area contributed by atoms with Crippen LogP contribution in [-0.4, -0.2) is 39.8 Å². The minimum Gasteiger partial charge on any atom is -0.391 e. The van der Waals surface area contributed by atoms with E-state index in [1.54, 1.807) is 4.90 Å². The molecule has 1 aromatic carbocycles. The van der Waals surface area contributed by atoms with Gasteiger partial charge in [-0.25, -0.2) is 4.79 Å². The molecule has 0 bridgehead atoms. The summed E-state index contributed by atoms with van der Waals surface area (Å²) in [5, 5.41) is 14.0. The summed E-state index contributed by atoms with van der Waals surface area (Å²) in [6, 6.07) is 7.93. The minimum absolute atomic E-state index is 0.136. The van der Waals surface area contributed by atoms with Gasteiger partial charge in [-0.3, -0.25) is 0 Å². The molecule has 2 atom stereocenters. The summed E-state index contributed by atoms with van der Waals surface area (Å²) in [6.07, 6.45) is 3.59. The molecule has 124 valence electrons. The highest BCUT2D eigenvalue weighted by Gasteiger charge is 2.27. The van der Waals surface area contributed by atoms with E-state index < -0.39 is 6.10 Å². The quantitative estimate of drug-likeness (QED) is 0.913. The average molecular weight is 315 g/mol. The number of nitrogens with zero attached hydrogens (tertiary/aromatic N) is 2. The number of urea groups is 1. The monoisotopic (exact) mass is 315 g/mol. The number of fused-ring (bicyclic) bond motifs is 1. The van der Waals surface area contributed by atoms with Crippen molar-refractivity contribution in [2.24, 2.45) is 5.92 Å². The number of aromatic nitrogens is 1. The van der Waals surface area contributed by atoms with Crippen molar-refractivity contribution in [3.63, 3.8) is 0 Å². The van der Waals surface area contributed by atoms with E-state index in [-0.39, 0.29) is 11.9 Å². The molecule has 0 spiro atoms. The number of hydrogen-bond donors (Lipinski definition) is 2. The smallest absolute Gasteiger partial charge is 0.321 e. The number of hydrogen-bond acceptors (Lipinski definition) is 2. The number of rotatable bonds is 3. The molecule has 1 aliphatic heterocycles. The van der Waals surface area contributed by atoms with Gasteiger partial charge in [-0.1, -0.05) is 13.8 Å². The van der Waals surface area contributed by atoms with Crippen molar-refractivity contribution in [1.82, 2.24) is 9.47 Å². The number of benzene rings is 1. The molecule has 3 rings (SSSR count). The number of aryl methyl sites for hydroxylation is 1. The summed E-state index contributed by atoms with van der Waals surface area (Å²) in [6.45, 7) is 6.28. The maximum absolute atomic E-state index is 12.4. The van der Waals surface area contributed by atoms with E-state index in [2.05, 4.69) is 29.1 Å². The van der Waals surface area contributed by atoms with Crippen molar-refractivity contribution in [1.29, 1.82) is 0 Å². The molecule has 0 aliphatic carbocycles. The van der Waals surface area contributed by atoms with Crippen LogP contribution in [0, 0.1) is 5.92 Å². The summed E-state index contributed by atoms with van der Waals surface area (Å²) in [7, 11) is 0. The third-order valence-electron chi connectivity index (χ3n) is 4.69. The van der Waals surface area contributed by atoms with Crippen LogP contribution < -0.4 is 5.32 Å². The largest absolute Gasteiger partial charge is 0.391 e. The van der Waals surface area contributed by atoms with Crippen molar-refractivity contribution in [3.8, 4) is 0 Å². The highest BCUT2D eigenvalue weighted by atomic mass is 16.3. The molecule has 2 N–H and O–H groups in total. The molecule has 2 aromatic rings. The number of carbonyl (C=O) groups is 1. The van der Waals surface area contributed by atoms with E-state index in [1.165, 1.54) is 5.52 Å². The first-order chi connectivity index (χ1) is 11.1. The van der Waals surface area contributed by atoms with Crippen LogP contribution >= 0.6 is 0 Å². The standard InChI is InChI=1S/C18H25N3O2/c1-3-8-20-10-7-14-11-15(4-5-16(14)20)19-18(23)21-9-6-13(2)17(22)12-21/h4-5,7,10-11,13,17,22H,3,6,8-9,12H2,1-2H3,(H,19,23). The zero-order valence-electron chi connectivity index (χ0n) is 13.8. The Morgan fingerprint density at radius 3 is 2.96 bits per heavy atom. The average Bonchev–Trinajstić information content (AvgIpc) is 2.93. The number of aliphatic hydroxyl groups is 1. The fourth-order valence-corrected chi connectivity index (χ4v) is 3.15. The van der Waals surface area contributed by atoms with Gasteiger partial charge in [0.2, 0.25) is 0 Å². The van der Waals surface area contributed by atoms with Crippen molar-refractivity contribution in [2.75, 3.05) is 18.4 Å². The molecule has 5 nitrogen and oxygen atoms in total. The number of amides is 2. The molecule has 23 heavy (non-hydrogen) atoms. The number of anilines is 1. The first-order valence-electron chi connectivity index (χ1n) is 8.41. The molecule has 5 heteroatoms. The van der Waals surface area contributed by atoms with E-state index >= 15 is 0 Å². The lowest BCUT2D eigenvalue weighted by Crippen LogP contribution is -2.47. The van der Waals surface area contributed by atoms with Gasteiger partial charge in [-0.15, -0.1) is 0 Å². The number of nitrogens with one attached hydrogen (secondary N) is 1. The Hall–Kier alpha value is -2.01. The van der Waals surface area contributed by atoms with Crippen LogP contribution in [-0.2, 0) is 6.54 Å². The highest BCUT2D eigenvalue weighted by molar-refractivity contribution is 5.93. The van der Waals surface area contributed by atoms with Crippen molar-refractivity contribution < 1.29 is 9.90 Å². The van der Waals surface area contributed by atoms with Gasteiger partial charge in [0.05, 0.1) is 6.10 Å². The Bertz CT molecular complexity index is 695. The van der Waals surface area contributed by atoms with E-state index in [4.69, 9.17) is 0 Å². The number of carbonyl (C=O) groups excluding carboxylic acids is 1. The normalized spacial score (nSPS) is 21.6. The van der Waals surface area contributed by atoms with Gasteiger partial charge in [0.1, 0.15) is 0 Å². The van der Waals surface area contributed by atoms with Crippen molar-refractivity contribution >= 4 is 22.6 Å². The molecule has 0 radical (unpaired) electrons. The summed E-state index contributed by atoms with van der Waals surface area (Å²) in [4.78, 5) is 14.1. The van der Waals surface area contributed by atoms with E-state index in [0.717, 1.165) is 30.5 Å². The molecule has 2 unspecified atom stereocenters. The van der Waals surface area contributed by atoms with Gasteiger partial charge in [0.25, 0.3) is 0 Å². The second-order valence-electron chi connectivity index (χ2n) is 6.49. The Balaban J connectivity index is 1.70. The predicted octanol–water partition coefficient (Wildman–Crippen LogP) is 3.29. The van der Waals surface area contributed by atoms with E-state index in [1.807, 2.05) is 25.1 Å². The summed E-state index contributed by atoms with van der Waals surface area (Å²) in [5.74, 6) is 0.258. The van der Waals surface area contributed by atoms with Crippen LogP contribution in [0.25, 0.3) is 10.9 Å². The van der Waals surface area contributed by atoms with E-state index in [0.29, 0.717) is 13.1 Å². The molecular weight excluding hydrogens is 290 g/mol. The zero-order valence-corrected chi connectivity index (χ0v) is 13.8. The van der Waals surface area contributed by atoms with Crippen LogP contribution in [0.15, 0.2) is 30.5 Å². The third-order valence-corrected chi connectivity index (χ3v) is 4.69. The van der Waals surface area contributed by atoms with Crippen LogP contribution in [0.5, 0.6) is 0 Å². The SMILES string of the molecule is CCCn1ccc2cc(NC(=O)N3CCC(C)C(O)C3)ccc21. The van der Waals surface area contributed by atoms with Crippen LogP contribution in [0.4, 0.5) is 10.5 Å². The highest BCUT2D eigenvalue weighted by Crippen LogP contribution is 2.22. The molecule has 1 fully saturated rings. The van der Waals surface area contributed by atoms with Crippen molar-refractivity contribution in [3.05, 3.63) is 30.5 Å². The third kappa shape index (κ3) is 3.34. The number of β-amino-alcohol motifs (C(OH)–C–C–N with tert-alkyl or cyclic N) is 1. The van der Waals surface area contributed by atoms with Gasteiger partial charge in [-0.2, -0.15) is 0 Å². The van der Waals surface area contributed by atoms with Gasteiger partial charge < -0.3 is 19.9 Å². The lowest BCUT2D eigenvalue weighted by Gasteiger charge is -2.34.